The highest BCUT2D eigenvalue weighted by atomic mass is 35.5. The third-order valence-electron chi connectivity index (χ3n) is 4.72. The highest BCUT2D eigenvalue weighted by Gasteiger charge is 2.29. The fraction of sp³-hybridized carbons (Fsp3) is 0.238. The SMILES string of the molecule is C=C=C1c2cc(Cl)ccc2-n2cnc(-c3cc(C)no3)c2CN1C(=N)COCC. The van der Waals surface area contributed by atoms with Crippen LogP contribution in [0.5, 0.6) is 0 Å². The molecule has 0 spiro atoms. The molecule has 148 valence electrons. The minimum atomic E-state index is 0.169. The molecule has 3 aromatic rings. The number of aromatic nitrogens is 3. The molecule has 8 heteroatoms. The molecule has 0 bridgehead atoms. The summed E-state index contributed by atoms with van der Waals surface area (Å²) < 4.78 is 12.9. The number of benzene rings is 1. The van der Waals surface area contributed by atoms with Crippen molar-refractivity contribution in [3.8, 4) is 17.1 Å². The number of rotatable bonds is 4. The lowest BCUT2D eigenvalue weighted by atomic mass is 10.1. The third kappa shape index (κ3) is 3.40. The molecule has 0 radical (unpaired) electrons. The number of fused-ring (bicyclic) bond motifs is 3. The molecule has 0 amide bonds. The van der Waals surface area contributed by atoms with Gasteiger partial charge in [0.15, 0.2) is 5.76 Å². The molecule has 0 atom stereocenters. The summed E-state index contributed by atoms with van der Waals surface area (Å²) in [5.41, 5.74) is 7.64. The monoisotopic (exact) mass is 409 g/mol. The number of halogens is 1. The third-order valence-corrected chi connectivity index (χ3v) is 4.95. The van der Waals surface area contributed by atoms with Gasteiger partial charge in [0.25, 0.3) is 0 Å². The van der Waals surface area contributed by atoms with Gasteiger partial charge in [-0.25, -0.2) is 4.98 Å². The second kappa shape index (κ2) is 7.72. The van der Waals surface area contributed by atoms with Crippen LogP contribution in [0, 0.1) is 12.3 Å². The van der Waals surface area contributed by atoms with E-state index in [1.807, 2.05) is 47.6 Å². The van der Waals surface area contributed by atoms with Crippen molar-refractivity contribution in [1.82, 2.24) is 19.6 Å². The predicted octanol–water partition coefficient (Wildman–Crippen LogP) is 4.44. The quantitative estimate of drug-likeness (QED) is 0.391. The summed E-state index contributed by atoms with van der Waals surface area (Å²) in [4.78, 5) is 6.38. The van der Waals surface area contributed by atoms with Crippen LogP contribution in [0.25, 0.3) is 22.8 Å². The van der Waals surface area contributed by atoms with Crippen LogP contribution in [0.4, 0.5) is 0 Å². The second-order valence-electron chi connectivity index (χ2n) is 6.60. The Bertz CT molecular complexity index is 1140. The maximum Gasteiger partial charge on any atom is 0.187 e. The zero-order chi connectivity index (χ0) is 20.5. The van der Waals surface area contributed by atoms with Crippen LogP contribution < -0.4 is 0 Å². The molecule has 1 aliphatic heterocycles. The van der Waals surface area contributed by atoms with Crippen LogP contribution in [0.3, 0.4) is 0 Å². The van der Waals surface area contributed by atoms with Crippen molar-refractivity contribution in [1.29, 1.82) is 5.41 Å². The normalized spacial score (nSPS) is 12.9. The molecule has 0 fully saturated rings. The Morgan fingerprint density at radius 3 is 2.93 bits per heavy atom. The lowest BCUT2D eigenvalue weighted by molar-refractivity contribution is 0.180. The Hall–Kier alpha value is -3.12. The Morgan fingerprint density at radius 2 is 2.24 bits per heavy atom. The second-order valence-corrected chi connectivity index (χ2v) is 7.04. The number of aryl methyl sites for hydroxylation is 1. The van der Waals surface area contributed by atoms with Crippen molar-refractivity contribution in [2.24, 2.45) is 0 Å². The predicted molar refractivity (Wildman–Crippen MR) is 111 cm³/mol. The molecule has 0 unspecified atom stereocenters. The van der Waals surface area contributed by atoms with E-state index in [0.29, 0.717) is 41.2 Å². The van der Waals surface area contributed by atoms with E-state index in [9.17, 15) is 0 Å². The van der Waals surface area contributed by atoms with E-state index < -0.39 is 0 Å². The maximum atomic E-state index is 8.60. The number of hydrogen-bond acceptors (Lipinski definition) is 5. The molecule has 1 N–H and O–H groups in total. The number of ether oxygens (including phenoxy) is 1. The van der Waals surface area contributed by atoms with Crippen LogP contribution >= 0.6 is 11.6 Å². The average Bonchev–Trinajstić information content (AvgIpc) is 3.29. The van der Waals surface area contributed by atoms with Gasteiger partial charge >= 0.3 is 0 Å². The number of nitrogens with zero attached hydrogens (tertiary/aromatic N) is 4. The van der Waals surface area contributed by atoms with Gasteiger partial charge in [-0.3, -0.25) is 9.98 Å². The molecular weight excluding hydrogens is 390 g/mol. The summed E-state index contributed by atoms with van der Waals surface area (Å²) >= 11 is 6.29. The Labute approximate surface area is 173 Å². The molecule has 1 aromatic carbocycles. The van der Waals surface area contributed by atoms with Crippen molar-refractivity contribution in [3.63, 3.8) is 0 Å². The van der Waals surface area contributed by atoms with Gasteiger partial charge in [-0.15, -0.1) is 5.73 Å². The van der Waals surface area contributed by atoms with Gasteiger partial charge < -0.3 is 14.2 Å². The van der Waals surface area contributed by atoms with E-state index in [4.69, 9.17) is 26.3 Å². The van der Waals surface area contributed by atoms with E-state index in [1.165, 1.54) is 0 Å². The van der Waals surface area contributed by atoms with Gasteiger partial charge in [0.05, 0.1) is 29.3 Å². The van der Waals surface area contributed by atoms with Gasteiger partial charge in [0, 0.05) is 23.3 Å². The molecule has 0 saturated carbocycles. The average molecular weight is 410 g/mol. The first kappa shape index (κ1) is 19.2. The van der Waals surface area contributed by atoms with Crippen molar-refractivity contribution in [2.75, 3.05) is 13.2 Å². The van der Waals surface area contributed by atoms with Crippen molar-refractivity contribution in [3.05, 3.63) is 64.9 Å². The minimum Gasteiger partial charge on any atom is -0.374 e. The number of hydrogen-bond donors (Lipinski definition) is 1. The molecule has 2 aromatic heterocycles. The van der Waals surface area contributed by atoms with Crippen LogP contribution in [-0.4, -0.2) is 38.7 Å². The van der Waals surface area contributed by atoms with E-state index in [0.717, 1.165) is 22.6 Å². The van der Waals surface area contributed by atoms with Crippen molar-refractivity contribution >= 4 is 23.1 Å². The molecule has 0 aliphatic carbocycles. The number of amidine groups is 1. The first-order valence-electron chi connectivity index (χ1n) is 9.16. The fourth-order valence-electron chi connectivity index (χ4n) is 3.39. The number of nitrogens with one attached hydrogen (secondary N) is 1. The zero-order valence-corrected chi connectivity index (χ0v) is 17.0. The summed E-state index contributed by atoms with van der Waals surface area (Å²) in [5.74, 6) is 0.868. The molecule has 3 heterocycles. The Balaban J connectivity index is 1.93. The van der Waals surface area contributed by atoms with Crippen LogP contribution in [-0.2, 0) is 11.3 Å². The van der Waals surface area contributed by atoms with E-state index >= 15 is 0 Å². The topological polar surface area (TPSA) is 80.2 Å². The summed E-state index contributed by atoms with van der Waals surface area (Å²) in [6.45, 7) is 8.68. The summed E-state index contributed by atoms with van der Waals surface area (Å²) in [6, 6.07) is 7.44. The van der Waals surface area contributed by atoms with Gasteiger partial charge in [-0.1, -0.05) is 23.3 Å². The van der Waals surface area contributed by atoms with E-state index in [1.54, 1.807) is 6.33 Å². The van der Waals surface area contributed by atoms with E-state index in [2.05, 4.69) is 22.5 Å². The molecular formula is C21H20ClN5O2. The first-order chi connectivity index (χ1) is 14.0. The standard InChI is InChI=1S/C21H20ClN5O2/c1-4-16-15-9-14(22)6-7-17(15)27-12-24-21(19-8-13(3)25-29-19)18(27)10-26(16)20(23)11-28-5-2/h6-9,12,23H,1,5,10-11H2,2-3H3. The molecule has 4 rings (SSSR count). The van der Waals surface area contributed by atoms with Crippen LogP contribution in [0.2, 0.25) is 5.02 Å². The smallest absolute Gasteiger partial charge is 0.187 e. The largest absolute Gasteiger partial charge is 0.374 e. The van der Waals surface area contributed by atoms with E-state index in [-0.39, 0.29) is 6.61 Å². The summed E-state index contributed by atoms with van der Waals surface area (Å²) in [6.07, 6.45) is 1.74. The maximum absolute atomic E-state index is 8.60. The Morgan fingerprint density at radius 1 is 1.41 bits per heavy atom. The number of imidazole rings is 1. The van der Waals surface area contributed by atoms with Gasteiger partial charge in [-0.05, 0) is 32.0 Å². The van der Waals surface area contributed by atoms with Crippen molar-refractivity contribution in [2.45, 2.75) is 20.4 Å². The van der Waals surface area contributed by atoms with Crippen molar-refractivity contribution < 1.29 is 9.26 Å². The Kier molecular flexibility index (Phi) is 5.11. The highest BCUT2D eigenvalue weighted by molar-refractivity contribution is 6.30. The van der Waals surface area contributed by atoms with Crippen LogP contribution in [0.15, 0.2) is 47.4 Å². The lowest BCUT2D eigenvalue weighted by Gasteiger charge is -2.25. The van der Waals surface area contributed by atoms with Gasteiger partial charge in [-0.2, -0.15) is 0 Å². The zero-order valence-electron chi connectivity index (χ0n) is 16.2. The van der Waals surface area contributed by atoms with Gasteiger partial charge in [0.2, 0.25) is 0 Å². The first-order valence-corrected chi connectivity index (χ1v) is 9.54. The van der Waals surface area contributed by atoms with Crippen LogP contribution in [0.1, 0.15) is 23.9 Å². The lowest BCUT2D eigenvalue weighted by Crippen LogP contribution is -2.31. The molecule has 1 aliphatic rings. The molecule has 29 heavy (non-hydrogen) atoms. The molecule has 0 saturated heterocycles. The highest BCUT2D eigenvalue weighted by Crippen LogP contribution is 2.36. The summed E-state index contributed by atoms with van der Waals surface area (Å²) in [7, 11) is 0. The fourth-order valence-corrected chi connectivity index (χ4v) is 3.57. The minimum absolute atomic E-state index is 0.169. The van der Waals surface area contributed by atoms with Gasteiger partial charge in [0.1, 0.15) is 24.5 Å². The summed E-state index contributed by atoms with van der Waals surface area (Å²) in [5, 5.41) is 13.2. The molecule has 7 nitrogen and oxygen atoms in total.